The molecule has 2 N–H and O–H groups in total. The lowest BCUT2D eigenvalue weighted by Gasteiger charge is -2.08. The normalized spacial score (nSPS) is 11.0. The van der Waals surface area contributed by atoms with Crippen molar-refractivity contribution in [1.29, 1.82) is 0 Å². The number of carbonyl (C=O) groups is 1. The monoisotopic (exact) mass is 340 g/mol. The first-order chi connectivity index (χ1) is 10.3. The number of benzene rings is 1. The average molecular weight is 341 g/mol. The van der Waals surface area contributed by atoms with Gasteiger partial charge in [-0.1, -0.05) is 17.7 Å². The molecular formula is C13H13ClN4O3S. The number of anilines is 1. The number of hydrogen-bond acceptors (Lipinski definition) is 5. The van der Waals surface area contributed by atoms with Crippen LogP contribution in [0, 0.1) is 13.8 Å². The molecule has 2 aromatic rings. The molecule has 0 radical (unpaired) electrons. The summed E-state index contributed by atoms with van der Waals surface area (Å²) in [7, 11) is -4.02. The Morgan fingerprint density at radius 2 is 1.77 bits per heavy atom. The molecule has 22 heavy (non-hydrogen) atoms. The molecule has 0 saturated carbocycles. The third-order valence-electron chi connectivity index (χ3n) is 2.54. The number of nitrogens with one attached hydrogen (secondary N) is 2. The molecule has 1 aromatic heterocycles. The molecule has 0 atom stereocenters. The molecule has 0 spiro atoms. The molecule has 0 unspecified atom stereocenters. The molecule has 0 aliphatic rings. The van der Waals surface area contributed by atoms with E-state index in [-0.39, 0.29) is 15.9 Å². The number of amides is 2. The van der Waals surface area contributed by atoms with Crippen LogP contribution in [-0.2, 0) is 10.0 Å². The van der Waals surface area contributed by atoms with Crippen LogP contribution in [0.25, 0.3) is 0 Å². The molecule has 1 aromatic carbocycles. The van der Waals surface area contributed by atoms with Crippen molar-refractivity contribution >= 4 is 33.6 Å². The fraction of sp³-hybridized carbons (Fsp3) is 0.154. The summed E-state index contributed by atoms with van der Waals surface area (Å²) in [4.78, 5) is 19.7. The second-order valence-electron chi connectivity index (χ2n) is 4.49. The first-order valence-electron chi connectivity index (χ1n) is 6.18. The van der Waals surface area contributed by atoms with Gasteiger partial charge in [0.05, 0.1) is 4.90 Å². The van der Waals surface area contributed by atoms with Crippen molar-refractivity contribution in [3.8, 4) is 0 Å². The van der Waals surface area contributed by atoms with Gasteiger partial charge in [0.15, 0.2) is 0 Å². The first kappa shape index (κ1) is 16.2. The van der Waals surface area contributed by atoms with Gasteiger partial charge in [-0.3, -0.25) is 5.32 Å². The fourth-order valence-electron chi connectivity index (χ4n) is 1.72. The third-order valence-corrected chi connectivity index (χ3v) is 4.10. The molecule has 1 heterocycles. The SMILES string of the molecule is Cc1cc(C)nc(NC(=O)NS(=O)(=O)c2cccc(Cl)c2)n1. The van der Waals surface area contributed by atoms with E-state index in [2.05, 4.69) is 15.3 Å². The van der Waals surface area contributed by atoms with E-state index in [9.17, 15) is 13.2 Å². The molecule has 0 aliphatic heterocycles. The van der Waals surface area contributed by atoms with Crippen molar-refractivity contribution in [2.45, 2.75) is 18.7 Å². The second kappa shape index (κ2) is 6.29. The molecule has 0 bridgehead atoms. The number of halogens is 1. The number of hydrogen-bond donors (Lipinski definition) is 2. The van der Waals surface area contributed by atoms with E-state index in [4.69, 9.17) is 11.6 Å². The van der Waals surface area contributed by atoms with Gasteiger partial charge in [0.1, 0.15) is 0 Å². The maximum absolute atomic E-state index is 12.0. The van der Waals surface area contributed by atoms with E-state index < -0.39 is 16.1 Å². The van der Waals surface area contributed by atoms with Crippen molar-refractivity contribution in [3.63, 3.8) is 0 Å². The van der Waals surface area contributed by atoms with Crippen LogP contribution in [-0.4, -0.2) is 24.4 Å². The van der Waals surface area contributed by atoms with Gasteiger partial charge in [0, 0.05) is 16.4 Å². The number of urea groups is 1. The summed E-state index contributed by atoms with van der Waals surface area (Å²) in [5.74, 6) is 0.0243. The van der Waals surface area contributed by atoms with E-state index in [0.717, 1.165) is 0 Å². The van der Waals surface area contributed by atoms with Gasteiger partial charge < -0.3 is 0 Å². The molecule has 0 saturated heterocycles. The number of aryl methyl sites for hydroxylation is 2. The molecule has 0 fully saturated rings. The van der Waals surface area contributed by atoms with Crippen LogP contribution in [0.2, 0.25) is 5.02 Å². The number of nitrogens with zero attached hydrogens (tertiary/aromatic N) is 2. The summed E-state index contributed by atoms with van der Waals surface area (Å²) in [6.45, 7) is 3.47. The van der Waals surface area contributed by atoms with Crippen molar-refractivity contribution < 1.29 is 13.2 Å². The number of carbonyl (C=O) groups excluding carboxylic acids is 1. The van der Waals surface area contributed by atoms with Crippen molar-refractivity contribution in [2.75, 3.05) is 5.32 Å². The smallest absolute Gasteiger partial charge is 0.275 e. The Bertz CT molecular complexity index is 804. The zero-order chi connectivity index (χ0) is 16.3. The largest absolute Gasteiger partial charge is 0.335 e. The minimum absolute atomic E-state index is 0.0243. The van der Waals surface area contributed by atoms with E-state index in [1.807, 2.05) is 4.72 Å². The van der Waals surface area contributed by atoms with Crippen molar-refractivity contribution in [2.24, 2.45) is 0 Å². The van der Waals surface area contributed by atoms with Gasteiger partial charge in [0.25, 0.3) is 10.0 Å². The zero-order valence-electron chi connectivity index (χ0n) is 11.8. The molecule has 7 nitrogen and oxygen atoms in total. The van der Waals surface area contributed by atoms with Crippen LogP contribution < -0.4 is 10.0 Å². The van der Waals surface area contributed by atoms with Gasteiger partial charge in [-0.15, -0.1) is 0 Å². The van der Waals surface area contributed by atoms with Gasteiger partial charge in [-0.25, -0.2) is 27.9 Å². The summed E-state index contributed by atoms with van der Waals surface area (Å²) < 4.78 is 26.0. The highest BCUT2D eigenvalue weighted by molar-refractivity contribution is 7.90. The lowest BCUT2D eigenvalue weighted by molar-refractivity contribution is 0.256. The fourth-order valence-corrected chi connectivity index (χ4v) is 2.93. The van der Waals surface area contributed by atoms with Crippen LogP contribution in [0.4, 0.5) is 10.7 Å². The Kier molecular flexibility index (Phi) is 4.62. The Labute approximate surface area is 132 Å². The third kappa shape index (κ3) is 4.15. The zero-order valence-corrected chi connectivity index (χ0v) is 13.4. The van der Waals surface area contributed by atoms with Gasteiger partial charge in [-0.05, 0) is 38.1 Å². The predicted molar refractivity (Wildman–Crippen MR) is 82.3 cm³/mol. The molecular weight excluding hydrogens is 328 g/mol. The van der Waals surface area contributed by atoms with Crippen LogP contribution in [0.5, 0.6) is 0 Å². The minimum Gasteiger partial charge on any atom is -0.275 e. The Balaban J connectivity index is 2.14. The second-order valence-corrected chi connectivity index (χ2v) is 6.61. The van der Waals surface area contributed by atoms with Gasteiger partial charge in [0.2, 0.25) is 5.95 Å². The lowest BCUT2D eigenvalue weighted by atomic mass is 10.4. The Morgan fingerprint density at radius 1 is 1.14 bits per heavy atom. The van der Waals surface area contributed by atoms with Crippen molar-refractivity contribution in [1.82, 2.24) is 14.7 Å². The van der Waals surface area contributed by atoms with Crippen LogP contribution in [0.1, 0.15) is 11.4 Å². The quantitative estimate of drug-likeness (QED) is 0.892. The summed E-state index contributed by atoms with van der Waals surface area (Å²) in [6.07, 6.45) is 0. The maximum Gasteiger partial charge on any atom is 0.335 e. The topological polar surface area (TPSA) is 101 Å². The summed E-state index contributed by atoms with van der Waals surface area (Å²) in [5, 5.41) is 2.53. The molecule has 116 valence electrons. The van der Waals surface area contributed by atoms with Crippen molar-refractivity contribution in [3.05, 3.63) is 46.7 Å². The standard InChI is InChI=1S/C13H13ClN4O3S/c1-8-6-9(2)16-12(15-8)17-13(19)18-22(20,21)11-5-3-4-10(14)7-11/h3-7H,1-2H3,(H2,15,16,17,18,19). The van der Waals surface area contributed by atoms with Crippen LogP contribution in [0.3, 0.4) is 0 Å². The highest BCUT2D eigenvalue weighted by Gasteiger charge is 2.18. The highest BCUT2D eigenvalue weighted by atomic mass is 35.5. The van der Waals surface area contributed by atoms with E-state index in [1.165, 1.54) is 24.3 Å². The minimum atomic E-state index is -4.02. The van der Waals surface area contributed by atoms with E-state index in [0.29, 0.717) is 11.4 Å². The summed E-state index contributed by atoms with van der Waals surface area (Å²) in [6, 6.07) is 6.35. The Morgan fingerprint density at radius 3 is 2.36 bits per heavy atom. The van der Waals surface area contributed by atoms with E-state index in [1.54, 1.807) is 19.9 Å². The number of aromatic nitrogens is 2. The predicted octanol–water partition coefficient (Wildman–Crippen LogP) is 2.26. The molecule has 2 rings (SSSR count). The first-order valence-corrected chi connectivity index (χ1v) is 8.04. The maximum atomic E-state index is 12.0. The molecule has 0 aliphatic carbocycles. The average Bonchev–Trinajstić information content (AvgIpc) is 2.36. The highest BCUT2D eigenvalue weighted by Crippen LogP contribution is 2.15. The molecule has 9 heteroatoms. The number of sulfonamides is 1. The number of rotatable bonds is 3. The van der Waals surface area contributed by atoms with Crippen LogP contribution in [0.15, 0.2) is 35.2 Å². The van der Waals surface area contributed by atoms with Gasteiger partial charge >= 0.3 is 6.03 Å². The van der Waals surface area contributed by atoms with Gasteiger partial charge in [-0.2, -0.15) is 0 Å². The Hall–Kier alpha value is -2.19. The lowest BCUT2D eigenvalue weighted by Crippen LogP contribution is -2.35. The molecule has 2 amide bonds. The summed E-state index contributed by atoms with van der Waals surface area (Å²) in [5.41, 5.74) is 1.31. The van der Waals surface area contributed by atoms with E-state index >= 15 is 0 Å². The van der Waals surface area contributed by atoms with Crippen LogP contribution >= 0.6 is 11.6 Å². The summed E-state index contributed by atoms with van der Waals surface area (Å²) >= 11 is 5.74.